The van der Waals surface area contributed by atoms with E-state index in [0.29, 0.717) is 6.04 Å². The first-order chi connectivity index (χ1) is 8.70. The third-order valence-corrected chi connectivity index (χ3v) is 4.83. The number of benzene rings is 1. The lowest BCUT2D eigenvalue weighted by atomic mass is 9.99. The molecule has 1 unspecified atom stereocenters. The predicted molar refractivity (Wildman–Crippen MR) is 83.3 cm³/mol. The first kappa shape index (κ1) is 13.8. The fourth-order valence-electron chi connectivity index (χ4n) is 2.05. The van der Waals surface area contributed by atoms with Crippen LogP contribution in [0.25, 0.3) is 0 Å². The second kappa shape index (κ2) is 6.50. The van der Waals surface area contributed by atoms with Crippen LogP contribution in [0.3, 0.4) is 0 Å². The van der Waals surface area contributed by atoms with Crippen LogP contribution in [0.1, 0.15) is 29.2 Å². The molecule has 3 heteroatoms. The van der Waals surface area contributed by atoms with Gasteiger partial charge in [-0.25, -0.2) is 0 Å². The molecule has 2 aromatic rings. The van der Waals surface area contributed by atoms with Crippen LogP contribution in [-0.2, 0) is 6.42 Å². The van der Waals surface area contributed by atoms with Crippen LogP contribution in [0.4, 0.5) is 0 Å². The fourth-order valence-corrected chi connectivity index (χ4v) is 3.15. The number of thiophene rings is 1. The van der Waals surface area contributed by atoms with Gasteiger partial charge in [0, 0.05) is 10.5 Å². The minimum absolute atomic E-state index is 0.418. The van der Waals surface area contributed by atoms with Gasteiger partial charge in [0.1, 0.15) is 0 Å². The molecular formula is C15H18BrNS. The van der Waals surface area contributed by atoms with Gasteiger partial charge in [0.25, 0.3) is 0 Å². The van der Waals surface area contributed by atoms with Crippen LogP contribution in [0.15, 0.2) is 39.5 Å². The molecule has 0 saturated carbocycles. The topological polar surface area (TPSA) is 12.0 Å². The summed E-state index contributed by atoms with van der Waals surface area (Å²) in [4.78, 5) is 0. The molecule has 0 aliphatic carbocycles. The van der Waals surface area contributed by atoms with Crippen molar-refractivity contribution in [2.45, 2.75) is 25.8 Å². The van der Waals surface area contributed by atoms with Gasteiger partial charge in [0.15, 0.2) is 0 Å². The van der Waals surface area contributed by atoms with Crippen molar-refractivity contribution in [1.82, 2.24) is 5.32 Å². The molecule has 2 rings (SSSR count). The second-order valence-corrected chi connectivity index (χ2v) is 6.15. The number of hydrogen-bond acceptors (Lipinski definition) is 2. The molecule has 0 fully saturated rings. The molecule has 0 saturated heterocycles. The van der Waals surface area contributed by atoms with E-state index in [9.17, 15) is 0 Å². The number of rotatable bonds is 5. The lowest BCUT2D eigenvalue weighted by Gasteiger charge is -2.17. The van der Waals surface area contributed by atoms with E-state index in [4.69, 9.17) is 0 Å². The molecule has 1 aromatic heterocycles. The van der Waals surface area contributed by atoms with Crippen LogP contribution >= 0.6 is 27.3 Å². The van der Waals surface area contributed by atoms with Crippen molar-refractivity contribution in [3.63, 3.8) is 0 Å². The monoisotopic (exact) mass is 323 g/mol. The van der Waals surface area contributed by atoms with Crippen molar-refractivity contribution in [2.24, 2.45) is 0 Å². The van der Waals surface area contributed by atoms with Gasteiger partial charge in [-0.05, 0) is 66.4 Å². The molecule has 1 heterocycles. The number of nitrogens with one attached hydrogen (secondary N) is 1. The maximum atomic E-state index is 3.61. The van der Waals surface area contributed by atoms with Gasteiger partial charge in [-0.3, -0.25) is 0 Å². The van der Waals surface area contributed by atoms with Crippen LogP contribution < -0.4 is 5.32 Å². The average molecular weight is 324 g/mol. The van der Waals surface area contributed by atoms with Crippen molar-refractivity contribution in [3.8, 4) is 0 Å². The highest BCUT2D eigenvalue weighted by Gasteiger charge is 2.10. The Morgan fingerprint density at radius 3 is 2.78 bits per heavy atom. The van der Waals surface area contributed by atoms with Gasteiger partial charge in [-0.1, -0.05) is 28.1 Å². The molecule has 1 nitrogen and oxygen atoms in total. The number of aryl methyl sites for hydroxylation is 2. The molecule has 1 aromatic carbocycles. The third-order valence-electron chi connectivity index (χ3n) is 3.25. The Labute approximate surface area is 121 Å². The van der Waals surface area contributed by atoms with Crippen LogP contribution in [0.5, 0.6) is 0 Å². The van der Waals surface area contributed by atoms with Crippen LogP contribution in [-0.4, -0.2) is 7.05 Å². The largest absolute Gasteiger partial charge is 0.313 e. The number of hydrogen-bond donors (Lipinski definition) is 1. The zero-order chi connectivity index (χ0) is 13.0. The Balaban J connectivity index is 2.05. The van der Waals surface area contributed by atoms with Crippen LogP contribution in [0.2, 0.25) is 0 Å². The third kappa shape index (κ3) is 3.44. The zero-order valence-corrected chi connectivity index (χ0v) is 13.1. The molecule has 18 heavy (non-hydrogen) atoms. The average Bonchev–Trinajstić information content (AvgIpc) is 2.87. The quantitative estimate of drug-likeness (QED) is 0.840. The highest BCUT2D eigenvalue weighted by Crippen LogP contribution is 2.25. The maximum absolute atomic E-state index is 3.61. The molecule has 1 N–H and O–H groups in total. The zero-order valence-electron chi connectivity index (χ0n) is 10.7. The van der Waals surface area contributed by atoms with Crippen molar-refractivity contribution in [1.29, 1.82) is 0 Å². The molecular weight excluding hydrogens is 306 g/mol. The Bertz CT molecular complexity index is 493. The summed E-state index contributed by atoms with van der Waals surface area (Å²) in [5.41, 5.74) is 4.07. The Hall–Kier alpha value is -0.640. The Kier molecular flexibility index (Phi) is 4.98. The summed E-state index contributed by atoms with van der Waals surface area (Å²) in [6.45, 7) is 2.12. The van der Waals surface area contributed by atoms with Crippen LogP contribution in [0, 0.1) is 6.92 Å². The van der Waals surface area contributed by atoms with Crippen molar-refractivity contribution in [3.05, 3.63) is 56.2 Å². The number of halogens is 1. The Morgan fingerprint density at radius 1 is 1.33 bits per heavy atom. The first-order valence-corrected chi connectivity index (χ1v) is 7.88. The smallest absolute Gasteiger partial charge is 0.0321 e. The summed E-state index contributed by atoms with van der Waals surface area (Å²) in [5, 5.41) is 7.79. The molecule has 1 atom stereocenters. The van der Waals surface area contributed by atoms with Gasteiger partial charge < -0.3 is 5.32 Å². The molecule has 0 bridgehead atoms. The summed E-state index contributed by atoms with van der Waals surface area (Å²) >= 11 is 5.38. The lowest BCUT2D eigenvalue weighted by Crippen LogP contribution is -2.17. The van der Waals surface area contributed by atoms with E-state index in [-0.39, 0.29) is 0 Å². The standard InChI is InChI=1S/C15H18BrNS/c1-11-3-5-13(9-14(11)16)15(17-2)6-4-12-7-8-18-10-12/h3,5,7-10,15,17H,4,6H2,1-2H3. The maximum Gasteiger partial charge on any atom is 0.0321 e. The molecule has 0 aliphatic heterocycles. The van der Waals surface area contributed by atoms with Gasteiger partial charge in [0.2, 0.25) is 0 Å². The molecule has 0 amide bonds. The fraction of sp³-hybridized carbons (Fsp3) is 0.333. The first-order valence-electron chi connectivity index (χ1n) is 6.15. The van der Waals surface area contributed by atoms with Gasteiger partial charge in [-0.15, -0.1) is 0 Å². The second-order valence-electron chi connectivity index (χ2n) is 4.52. The SMILES string of the molecule is CNC(CCc1ccsc1)c1ccc(C)c(Br)c1. The molecule has 0 aliphatic rings. The van der Waals surface area contributed by atoms with E-state index in [1.165, 1.54) is 21.2 Å². The van der Waals surface area contributed by atoms with Gasteiger partial charge >= 0.3 is 0 Å². The van der Waals surface area contributed by atoms with E-state index in [2.05, 4.69) is 63.2 Å². The normalized spacial score (nSPS) is 12.6. The summed E-state index contributed by atoms with van der Waals surface area (Å²) in [6, 6.07) is 9.25. The van der Waals surface area contributed by atoms with Crippen molar-refractivity contribution < 1.29 is 0 Å². The van der Waals surface area contributed by atoms with Crippen molar-refractivity contribution >= 4 is 27.3 Å². The molecule has 96 valence electrons. The van der Waals surface area contributed by atoms with Gasteiger partial charge in [-0.2, -0.15) is 11.3 Å². The lowest BCUT2D eigenvalue weighted by molar-refractivity contribution is 0.549. The van der Waals surface area contributed by atoms with E-state index >= 15 is 0 Å². The molecule has 0 spiro atoms. The summed E-state index contributed by atoms with van der Waals surface area (Å²) in [5.74, 6) is 0. The predicted octanol–water partition coefficient (Wildman–Crippen LogP) is 4.71. The highest BCUT2D eigenvalue weighted by molar-refractivity contribution is 9.10. The summed E-state index contributed by atoms with van der Waals surface area (Å²) in [7, 11) is 2.03. The van der Waals surface area contributed by atoms with E-state index in [1.54, 1.807) is 11.3 Å². The van der Waals surface area contributed by atoms with E-state index < -0.39 is 0 Å². The van der Waals surface area contributed by atoms with E-state index in [0.717, 1.165) is 12.8 Å². The summed E-state index contributed by atoms with van der Waals surface area (Å²) in [6.07, 6.45) is 2.25. The summed E-state index contributed by atoms with van der Waals surface area (Å²) < 4.78 is 1.19. The minimum Gasteiger partial charge on any atom is -0.313 e. The highest BCUT2D eigenvalue weighted by atomic mass is 79.9. The van der Waals surface area contributed by atoms with Gasteiger partial charge in [0.05, 0.1) is 0 Å². The minimum atomic E-state index is 0.418. The van der Waals surface area contributed by atoms with Crippen molar-refractivity contribution in [2.75, 3.05) is 7.05 Å². The molecule has 0 radical (unpaired) electrons. The van der Waals surface area contributed by atoms with E-state index in [1.807, 2.05) is 7.05 Å². The Morgan fingerprint density at radius 2 is 2.17 bits per heavy atom.